The van der Waals surface area contributed by atoms with E-state index in [-0.39, 0.29) is 41.5 Å². The SMILES string of the molecule is CC(C)(C)NC(=O)N[C@H](C(=O)N1C[C@H]2[C@@H]([C@H]1C(=O)NC(CC1CCC1)C(=O)C(N)=O)C2(C)C)C(C)(C)C.Cl. The zero-order chi connectivity index (χ0) is 28.1. The van der Waals surface area contributed by atoms with Crippen LogP contribution in [0.1, 0.15) is 81.1 Å². The van der Waals surface area contributed by atoms with Crippen LogP contribution in [-0.2, 0) is 19.2 Å². The Kier molecular flexibility index (Phi) is 9.24. The Morgan fingerprint density at radius 1 is 1.00 bits per heavy atom. The van der Waals surface area contributed by atoms with Crippen molar-refractivity contribution in [2.45, 2.75) is 105 Å². The molecule has 11 heteroatoms. The molecular formula is C27H46ClN5O5. The van der Waals surface area contributed by atoms with Gasteiger partial charge in [0.2, 0.25) is 17.6 Å². The minimum atomic E-state index is -1.07. The van der Waals surface area contributed by atoms with Gasteiger partial charge in [-0.25, -0.2) is 4.79 Å². The number of likely N-dealkylation sites (tertiary alicyclic amines) is 1. The number of amides is 5. The van der Waals surface area contributed by atoms with Crippen molar-refractivity contribution < 1.29 is 24.0 Å². The molecule has 0 aromatic rings. The maximum Gasteiger partial charge on any atom is 0.315 e. The normalized spacial score (nSPS) is 25.6. The zero-order valence-corrected chi connectivity index (χ0v) is 24.8. The van der Waals surface area contributed by atoms with E-state index in [1.807, 2.05) is 41.5 Å². The number of rotatable bonds is 8. The van der Waals surface area contributed by atoms with Crippen LogP contribution in [0.4, 0.5) is 4.79 Å². The van der Waals surface area contributed by atoms with Crippen LogP contribution in [0.15, 0.2) is 0 Å². The quantitative estimate of drug-likeness (QED) is 0.338. The standard InChI is InChI=1S/C27H45N5O5.ClH/c1-25(2,3)20(30-24(37)31-26(4,5)6)23(36)32-13-15-17(27(15,7)8)18(32)22(35)29-16(19(33)21(28)34)12-14-10-9-11-14;/h14-18,20H,9-13H2,1-8H3,(H2,28,34)(H,29,35)(H2,30,31,37);1H/t15-,16?,17-,18-,20+;/m0./s1. The summed E-state index contributed by atoms with van der Waals surface area (Å²) < 4.78 is 0. The lowest BCUT2D eigenvalue weighted by Gasteiger charge is -2.38. The van der Waals surface area contributed by atoms with Gasteiger partial charge in [-0.15, -0.1) is 12.4 Å². The number of nitrogens with zero attached hydrogens (tertiary/aromatic N) is 1. The summed E-state index contributed by atoms with van der Waals surface area (Å²) in [7, 11) is 0. The number of fused-ring (bicyclic) bond motifs is 1. The molecule has 0 aromatic carbocycles. The summed E-state index contributed by atoms with van der Waals surface area (Å²) in [4.78, 5) is 66.1. The second-order valence-corrected chi connectivity index (χ2v) is 13.9. The maximum absolute atomic E-state index is 13.9. The van der Waals surface area contributed by atoms with Crippen molar-refractivity contribution in [3.8, 4) is 0 Å². The number of Topliss-reactive ketones (excluding diaryl/α,β-unsaturated/α-hetero) is 1. The van der Waals surface area contributed by atoms with Crippen molar-refractivity contribution in [1.29, 1.82) is 0 Å². The Balaban J connectivity index is 0.00000507. The fourth-order valence-electron chi connectivity index (χ4n) is 5.86. The molecule has 5 atom stereocenters. The van der Waals surface area contributed by atoms with E-state index in [4.69, 9.17) is 5.73 Å². The van der Waals surface area contributed by atoms with Crippen LogP contribution in [0.25, 0.3) is 0 Å². The van der Waals surface area contributed by atoms with Crippen LogP contribution in [0, 0.1) is 28.6 Å². The molecule has 0 radical (unpaired) electrons. The number of nitrogens with two attached hydrogens (primary N) is 1. The Labute approximate surface area is 232 Å². The van der Waals surface area contributed by atoms with E-state index in [0.29, 0.717) is 13.0 Å². The second-order valence-electron chi connectivity index (χ2n) is 13.9. The highest BCUT2D eigenvalue weighted by Gasteiger charge is 2.70. The van der Waals surface area contributed by atoms with Crippen molar-refractivity contribution in [2.75, 3.05) is 6.54 Å². The Hall–Kier alpha value is -2.36. The van der Waals surface area contributed by atoms with Gasteiger partial charge in [0, 0.05) is 12.1 Å². The summed E-state index contributed by atoms with van der Waals surface area (Å²) in [6, 6.07) is -3.13. The van der Waals surface area contributed by atoms with Gasteiger partial charge in [-0.3, -0.25) is 19.2 Å². The molecule has 0 spiro atoms. The molecule has 2 aliphatic carbocycles. The first-order valence-electron chi connectivity index (χ1n) is 13.4. The molecule has 3 fully saturated rings. The fraction of sp³-hybridized carbons (Fsp3) is 0.815. The van der Waals surface area contributed by atoms with E-state index in [9.17, 15) is 24.0 Å². The highest BCUT2D eigenvalue weighted by Crippen LogP contribution is 2.65. The van der Waals surface area contributed by atoms with Crippen molar-refractivity contribution in [2.24, 2.45) is 34.3 Å². The number of hydrogen-bond donors (Lipinski definition) is 4. The first kappa shape index (κ1) is 31.9. The third-order valence-corrected chi connectivity index (χ3v) is 8.31. The van der Waals surface area contributed by atoms with Gasteiger partial charge in [-0.1, -0.05) is 53.9 Å². The van der Waals surface area contributed by atoms with E-state index < -0.39 is 52.7 Å². The largest absolute Gasteiger partial charge is 0.363 e. The van der Waals surface area contributed by atoms with E-state index in [1.165, 1.54) is 0 Å². The number of piperidine rings is 1. The van der Waals surface area contributed by atoms with Crippen LogP contribution in [-0.4, -0.2) is 64.6 Å². The molecule has 1 saturated heterocycles. The van der Waals surface area contributed by atoms with Gasteiger partial charge in [-0.05, 0) is 55.8 Å². The molecule has 2 saturated carbocycles. The highest BCUT2D eigenvalue weighted by molar-refractivity contribution is 6.37. The van der Waals surface area contributed by atoms with Gasteiger partial charge in [0.15, 0.2) is 0 Å². The Morgan fingerprint density at radius 2 is 1.58 bits per heavy atom. The molecule has 0 aromatic heterocycles. The lowest BCUT2D eigenvalue weighted by Crippen LogP contribution is -2.62. The number of halogens is 1. The maximum atomic E-state index is 13.9. The lowest BCUT2D eigenvalue weighted by molar-refractivity contribution is -0.145. The topological polar surface area (TPSA) is 151 Å². The number of nitrogens with one attached hydrogen (secondary N) is 3. The molecule has 38 heavy (non-hydrogen) atoms. The third-order valence-electron chi connectivity index (χ3n) is 8.31. The van der Waals surface area contributed by atoms with E-state index in [2.05, 4.69) is 29.8 Å². The van der Waals surface area contributed by atoms with Gasteiger partial charge in [0.1, 0.15) is 12.1 Å². The molecule has 5 amide bonds. The summed E-state index contributed by atoms with van der Waals surface area (Å²) >= 11 is 0. The van der Waals surface area contributed by atoms with Crippen LogP contribution in [0.2, 0.25) is 0 Å². The van der Waals surface area contributed by atoms with E-state index in [1.54, 1.807) is 4.90 Å². The number of hydrogen-bond acceptors (Lipinski definition) is 5. The summed E-state index contributed by atoms with van der Waals surface area (Å²) in [5.41, 5.74) is 4.04. The van der Waals surface area contributed by atoms with Gasteiger partial charge in [0.25, 0.3) is 5.91 Å². The van der Waals surface area contributed by atoms with Gasteiger partial charge >= 0.3 is 6.03 Å². The molecule has 5 N–H and O–H groups in total. The molecule has 10 nitrogen and oxygen atoms in total. The van der Waals surface area contributed by atoms with Crippen LogP contribution in [0.3, 0.4) is 0 Å². The Morgan fingerprint density at radius 3 is 2.03 bits per heavy atom. The third kappa shape index (κ3) is 6.79. The smallest absolute Gasteiger partial charge is 0.315 e. The molecule has 3 rings (SSSR count). The van der Waals surface area contributed by atoms with Crippen molar-refractivity contribution >= 4 is 41.9 Å². The van der Waals surface area contributed by atoms with Gasteiger partial charge in [0.05, 0.1) is 6.04 Å². The number of carbonyl (C=O) groups excluding carboxylic acids is 5. The monoisotopic (exact) mass is 555 g/mol. The highest BCUT2D eigenvalue weighted by atomic mass is 35.5. The average molecular weight is 556 g/mol. The number of ketones is 1. The number of carbonyl (C=O) groups is 5. The summed E-state index contributed by atoms with van der Waals surface area (Å²) in [5, 5.41) is 8.44. The van der Waals surface area contributed by atoms with Gasteiger partial charge in [-0.2, -0.15) is 0 Å². The predicted molar refractivity (Wildman–Crippen MR) is 146 cm³/mol. The minimum Gasteiger partial charge on any atom is -0.363 e. The van der Waals surface area contributed by atoms with Crippen LogP contribution >= 0.6 is 12.4 Å². The molecular weight excluding hydrogens is 510 g/mol. The van der Waals surface area contributed by atoms with Crippen molar-refractivity contribution in [3.05, 3.63) is 0 Å². The minimum absolute atomic E-state index is 0. The Bertz CT molecular complexity index is 966. The number of urea groups is 1. The first-order valence-corrected chi connectivity index (χ1v) is 13.4. The molecule has 1 unspecified atom stereocenters. The zero-order valence-electron chi connectivity index (χ0n) is 24.0. The predicted octanol–water partition coefficient (Wildman–Crippen LogP) is 2.13. The van der Waals surface area contributed by atoms with Crippen molar-refractivity contribution in [3.63, 3.8) is 0 Å². The summed E-state index contributed by atoms with van der Waals surface area (Å²) in [5.74, 6) is -2.35. The molecule has 3 aliphatic rings. The van der Waals surface area contributed by atoms with E-state index in [0.717, 1.165) is 19.3 Å². The second kappa shape index (κ2) is 11.0. The van der Waals surface area contributed by atoms with Crippen LogP contribution < -0.4 is 21.7 Å². The first-order chi connectivity index (χ1) is 16.8. The molecule has 216 valence electrons. The summed E-state index contributed by atoms with van der Waals surface area (Å²) in [6.07, 6.45) is 3.31. The average Bonchev–Trinajstić information content (AvgIpc) is 3.06. The molecule has 0 bridgehead atoms. The molecule has 1 aliphatic heterocycles. The van der Waals surface area contributed by atoms with E-state index >= 15 is 0 Å². The molecule has 1 heterocycles. The fourth-order valence-corrected chi connectivity index (χ4v) is 5.86. The number of primary amides is 1. The lowest BCUT2D eigenvalue weighted by atomic mass is 9.80. The van der Waals surface area contributed by atoms with Crippen molar-refractivity contribution in [1.82, 2.24) is 20.9 Å². The summed E-state index contributed by atoms with van der Waals surface area (Å²) in [6.45, 7) is 15.7. The van der Waals surface area contributed by atoms with Gasteiger partial charge < -0.3 is 26.6 Å². The van der Waals surface area contributed by atoms with Crippen LogP contribution in [0.5, 0.6) is 0 Å².